The van der Waals surface area contributed by atoms with Crippen LogP contribution >= 0.6 is 0 Å². The zero-order valence-electron chi connectivity index (χ0n) is 10.1. The van der Waals surface area contributed by atoms with E-state index in [0.29, 0.717) is 0 Å². The number of carboxylic acids is 1. The quantitative estimate of drug-likeness (QED) is 0.425. The number of carboxylic acid groups (broad SMARTS) is 1. The van der Waals surface area contributed by atoms with Gasteiger partial charge in [-0.25, -0.2) is 9.59 Å². The molecule has 0 radical (unpaired) electrons. The van der Waals surface area contributed by atoms with Gasteiger partial charge in [-0.3, -0.25) is 4.79 Å². The smallest absolute Gasteiger partial charge is 0.355 e. The minimum Gasteiger partial charge on any atom is -0.478 e. The first-order valence-electron chi connectivity index (χ1n) is 4.80. The van der Waals surface area contributed by atoms with Gasteiger partial charge in [0.15, 0.2) is 11.9 Å². The Hall–Kier alpha value is -1.47. The summed E-state index contributed by atoms with van der Waals surface area (Å²) in [5, 5.41) is 27.5. The summed E-state index contributed by atoms with van der Waals surface area (Å²) < 4.78 is 4.45. The highest BCUT2D eigenvalue weighted by molar-refractivity contribution is 6.06. The van der Waals surface area contributed by atoms with E-state index < -0.39 is 35.0 Å². The molecule has 3 N–H and O–H groups in total. The first kappa shape index (κ1) is 15.5. The van der Waals surface area contributed by atoms with Crippen molar-refractivity contribution in [2.24, 2.45) is 0 Å². The van der Waals surface area contributed by atoms with Crippen LogP contribution in [0.4, 0.5) is 0 Å². The fourth-order valence-electron chi connectivity index (χ4n) is 0.812. The van der Waals surface area contributed by atoms with Gasteiger partial charge in [0.05, 0.1) is 5.60 Å². The first-order chi connectivity index (χ1) is 7.43. The van der Waals surface area contributed by atoms with Gasteiger partial charge in [-0.1, -0.05) is 0 Å². The van der Waals surface area contributed by atoms with E-state index in [4.69, 9.17) is 5.11 Å². The monoisotopic (exact) mass is 248 g/mol. The highest BCUT2D eigenvalue weighted by Crippen LogP contribution is 2.17. The lowest BCUT2D eigenvalue weighted by Crippen LogP contribution is -2.52. The van der Waals surface area contributed by atoms with Crippen molar-refractivity contribution in [3.05, 3.63) is 0 Å². The maximum atomic E-state index is 11.4. The van der Waals surface area contributed by atoms with E-state index in [2.05, 4.69) is 4.74 Å². The van der Waals surface area contributed by atoms with E-state index in [1.54, 1.807) is 0 Å². The third-order valence-corrected chi connectivity index (χ3v) is 2.28. The highest BCUT2D eigenvalue weighted by Gasteiger charge is 2.45. The van der Waals surface area contributed by atoms with E-state index in [0.717, 1.165) is 27.7 Å². The van der Waals surface area contributed by atoms with E-state index in [1.807, 2.05) is 0 Å². The van der Waals surface area contributed by atoms with Crippen molar-refractivity contribution in [1.82, 2.24) is 0 Å². The average Bonchev–Trinajstić information content (AvgIpc) is 2.14. The Balaban J connectivity index is 5.00. The molecular weight excluding hydrogens is 232 g/mol. The van der Waals surface area contributed by atoms with Crippen LogP contribution in [0.3, 0.4) is 0 Å². The van der Waals surface area contributed by atoms with Gasteiger partial charge in [-0.2, -0.15) is 0 Å². The van der Waals surface area contributed by atoms with Gasteiger partial charge >= 0.3 is 11.9 Å². The number of esters is 1. The molecule has 0 aliphatic heterocycles. The molecule has 0 aromatic rings. The number of hydrogen-bond acceptors (Lipinski definition) is 6. The molecule has 0 saturated heterocycles. The van der Waals surface area contributed by atoms with E-state index in [1.165, 1.54) is 0 Å². The summed E-state index contributed by atoms with van der Waals surface area (Å²) in [6.07, 6.45) is -1.94. The molecule has 7 heteroatoms. The van der Waals surface area contributed by atoms with Gasteiger partial charge in [0.25, 0.3) is 5.60 Å². The normalized spacial score (nSPS) is 16.8. The average molecular weight is 248 g/mol. The molecule has 0 bridgehead atoms. The molecule has 0 fully saturated rings. The molecule has 0 aliphatic carbocycles. The molecule has 7 nitrogen and oxygen atoms in total. The second-order valence-corrected chi connectivity index (χ2v) is 4.37. The highest BCUT2D eigenvalue weighted by atomic mass is 16.6. The van der Waals surface area contributed by atoms with Crippen LogP contribution in [0.25, 0.3) is 0 Å². The molecule has 0 aromatic carbocycles. The van der Waals surface area contributed by atoms with Gasteiger partial charge < -0.3 is 20.1 Å². The second-order valence-electron chi connectivity index (χ2n) is 4.37. The maximum absolute atomic E-state index is 11.4. The lowest BCUT2D eigenvalue weighted by molar-refractivity contribution is -0.191. The Morgan fingerprint density at radius 3 is 1.82 bits per heavy atom. The van der Waals surface area contributed by atoms with Crippen molar-refractivity contribution in [2.45, 2.75) is 45.0 Å². The summed E-state index contributed by atoms with van der Waals surface area (Å²) in [5.74, 6) is -3.93. The fourth-order valence-corrected chi connectivity index (χ4v) is 0.812. The summed E-state index contributed by atoms with van der Waals surface area (Å²) in [4.78, 5) is 33.3. The third kappa shape index (κ3) is 3.50. The number of rotatable bonds is 5. The largest absolute Gasteiger partial charge is 0.478 e. The molecule has 0 heterocycles. The van der Waals surface area contributed by atoms with E-state index in [9.17, 15) is 24.6 Å². The third-order valence-electron chi connectivity index (χ3n) is 2.28. The van der Waals surface area contributed by atoms with Crippen LogP contribution in [0, 0.1) is 0 Å². The van der Waals surface area contributed by atoms with Crippen molar-refractivity contribution in [2.75, 3.05) is 0 Å². The standard InChI is InChI=1S/C10H16O7/c1-5(11)10(4,8(14)15)17-7(13)6(12)9(2,3)16/h6,12,16H,1-4H3,(H,14,15). The van der Waals surface area contributed by atoms with Gasteiger partial charge in [0.2, 0.25) is 0 Å². The molecule has 0 saturated carbocycles. The lowest BCUT2D eigenvalue weighted by Gasteiger charge is -2.27. The molecule has 0 aliphatic rings. The Bertz CT molecular complexity index is 325. The second kappa shape index (κ2) is 4.80. The van der Waals surface area contributed by atoms with Crippen molar-refractivity contribution in [1.29, 1.82) is 0 Å². The van der Waals surface area contributed by atoms with E-state index >= 15 is 0 Å². The molecule has 0 amide bonds. The minimum atomic E-state index is -2.37. The maximum Gasteiger partial charge on any atom is 0.355 e. The van der Waals surface area contributed by atoms with Crippen molar-refractivity contribution in [3.8, 4) is 0 Å². The van der Waals surface area contributed by atoms with Gasteiger partial charge in [0.1, 0.15) is 0 Å². The van der Waals surface area contributed by atoms with Crippen LogP contribution in [0.5, 0.6) is 0 Å². The van der Waals surface area contributed by atoms with Gasteiger partial charge in [-0.05, 0) is 27.7 Å². The van der Waals surface area contributed by atoms with Crippen LogP contribution in [0.15, 0.2) is 0 Å². The molecule has 17 heavy (non-hydrogen) atoms. The summed E-state index contributed by atoms with van der Waals surface area (Å²) in [5.41, 5.74) is -4.17. The summed E-state index contributed by atoms with van der Waals surface area (Å²) in [7, 11) is 0. The van der Waals surface area contributed by atoms with Crippen LogP contribution in [-0.2, 0) is 19.1 Å². The predicted octanol–water partition coefficient (Wildman–Crippen LogP) is -0.906. The summed E-state index contributed by atoms with van der Waals surface area (Å²) >= 11 is 0. The minimum absolute atomic E-state index is 0.895. The number of carbonyl (C=O) groups is 3. The number of aliphatic hydroxyl groups is 2. The van der Waals surface area contributed by atoms with E-state index in [-0.39, 0.29) is 0 Å². The molecular formula is C10H16O7. The number of Topliss-reactive ketones (excluding diaryl/α,β-unsaturated/α-hetero) is 1. The number of carbonyl (C=O) groups excluding carboxylic acids is 2. The number of aliphatic hydroxyl groups excluding tert-OH is 1. The summed E-state index contributed by atoms with van der Waals surface area (Å²) in [6, 6.07) is 0. The number of ketones is 1. The Morgan fingerprint density at radius 1 is 1.18 bits per heavy atom. The molecule has 2 unspecified atom stereocenters. The molecule has 0 aromatic heterocycles. The van der Waals surface area contributed by atoms with Crippen molar-refractivity contribution < 1.29 is 34.4 Å². The predicted molar refractivity (Wildman–Crippen MR) is 55.1 cm³/mol. The van der Waals surface area contributed by atoms with Gasteiger partial charge in [-0.15, -0.1) is 0 Å². The van der Waals surface area contributed by atoms with Crippen molar-refractivity contribution >= 4 is 17.7 Å². The molecule has 0 spiro atoms. The number of ether oxygens (including phenoxy) is 1. The topological polar surface area (TPSA) is 121 Å². The number of aliphatic carboxylic acids is 1. The number of hydrogen-bond donors (Lipinski definition) is 3. The first-order valence-corrected chi connectivity index (χ1v) is 4.80. The van der Waals surface area contributed by atoms with Crippen LogP contribution in [-0.4, -0.2) is 50.3 Å². The Kier molecular flexibility index (Phi) is 4.39. The molecule has 98 valence electrons. The Labute approximate surface area is 98.0 Å². The zero-order valence-corrected chi connectivity index (χ0v) is 10.1. The fraction of sp³-hybridized carbons (Fsp3) is 0.700. The molecule has 2 atom stereocenters. The SMILES string of the molecule is CC(=O)C(C)(OC(=O)C(O)C(C)(C)O)C(=O)O. The lowest BCUT2D eigenvalue weighted by atomic mass is 10.00. The van der Waals surface area contributed by atoms with Crippen molar-refractivity contribution in [3.63, 3.8) is 0 Å². The van der Waals surface area contributed by atoms with Gasteiger partial charge in [0, 0.05) is 0 Å². The van der Waals surface area contributed by atoms with Crippen LogP contribution in [0.2, 0.25) is 0 Å². The van der Waals surface area contributed by atoms with Crippen LogP contribution in [0.1, 0.15) is 27.7 Å². The summed E-state index contributed by atoms with van der Waals surface area (Å²) in [6.45, 7) is 4.13. The zero-order chi connectivity index (χ0) is 14.0. The van der Waals surface area contributed by atoms with Crippen LogP contribution < -0.4 is 0 Å². The Morgan fingerprint density at radius 2 is 1.59 bits per heavy atom. The molecule has 0 rings (SSSR count).